The van der Waals surface area contributed by atoms with Crippen molar-refractivity contribution in [3.05, 3.63) is 12.2 Å². The monoisotopic (exact) mass is 293 g/mol. The van der Waals surface area contributed by atoms with Crippen LogP contribution in [-0.2, 0) is 9.59 Å². The van der Waals surface area contributed by atoms with Crippen LogP contribution in [0.15, 0.2) is 12.2 Å². The first-order chi connectivity index (χ1) is 9.04. The number of aliphatic carboxylic acids is 1. The first kappa shape index (κ1) is 22.0. The average Bonchev–Trinajstić information content (AvgIpc) is 2.35. The van der Waals surface area contributed by atoms with Crippen molar-refractivity contribution < 1.29 is 14.7 Å². The van der Waals surface area contributed by atoms with Crippen LogP contribution in [0.3, 0.4) is 0 Å². The molecule has 0 heterocycles. The number of unbranched alkanes of at least 4 members (excludes halogenated alkanes) is 7. The van der Waals surface area contributed by atoms with Crippen LogP contribution in [0.25, 0.3) is 0 Å². The van der Waals surface area contributed by atoms with Crippen molar-refractivity contribution in [3.63, 3.8) is 0 Å². The second-order valence-corrected chi connectivity index (χ2v) is 5.01. The summed E-state index contributed by atoms with van der Waals surface area (Å²) in [5, 5.41) is 11.3. The molecule has 0 saturated carbocycles. The quantitative estimate of drug-likeness (QED) is 0.330. The summed E-state index contributed by atoms with van der Waals surface area (Å²) < 4.78 is 0. The van der Waals surface area contributed by atoms with Crippen molar-refractivity contribution in [1.29, 1.82) is 0 Å². The van der Waals surface area contributed by atoms with E-state index in [0.29, 0.717) is 12.0 Å². The van der Waals surface area contributed by atoms with E-state index in [1.54, 1.807) is 6.92 Å². The van der Waals surface area contributed by atoms with Gasteiger partial charge in [0, 0.05) is 18.5 Å². The molecule has 5 heteroatoms. The van der Waals surface area contributed by atoms with Gasteiger partial charge in [0.25, 0.3) is 0 Å². The van der Waals surface area contributed by atoms with Crippen LogP contribution in [0.5, 0.6) is 0 Å². The molecule has 0 aliphatic heterocycles. The Balaban J connectivity index is 0. The molecule has 0 unspecified atom stereocenters. The second-order valence-electron chi connectivity index (χ2n) is 5.01. The maximum atomic E-state index is 11.2. The van der Waals surface area contributed by atoms with Gasteiger partial charge in [-0.3, -0.25) is 9.59 Å². The van der Waals surface area contributed by atoms with Crippen LogP contribution < -0.4 is 5.32 Å². The van der Waals surface area contributed by atoms with Crippen LogP contribution in [0.4, 0.5) is 0 Å². The zero-order chi connectivity index (χ0) is 14.5. The number of amides is 1. The van der Waals surface area contributed by atoms with E-state index in [1.165, 1.54) is 19.3 Å². The van der Waals surface area contributed by atoms with Crippen molar-refractivity contribution >= 4 is 41.4 Å². The van der Waals surface area contributed by atoms with Crippen LogP contribution >= 0.6 is 0 Å². The molecule has 0 rings (SSSR count). The molecule has 0 aliphatic rings. The third kappa shape index (κ3) is 15.7. The van der Waals surface area contributed by atoms with Crippen molar-refractivity contribution in [2.75, 3.05) is 6.54 Å². The molecule has 0 atom stereocenters. The summed E-state index contributed by atoms with van der Waals surface area (Å²) in [4.78, 5) is 21.5. The van der Waals surface area contributed by atoms with Crippen LogP contribution in [-0.4, -0.2) is 53.1 Å². The zero-order valence-electron chi connectivity index (χ0n) is 12.0. The van der Waals surface area contributed by atoms with E-state index in [0.717, 1.165) is 38.6 Å². The number of hydrogen-bond acceptors (Lipinski definition) is 2. The Morgan fingerprint density at radius 2 is 1.40 bits per heavy atom. The molecule has 20 heavy (non-hydrogen) atoms. The van der Waals surface area contributed by atoms with Crippen LogP contribution in [0.1, 0.15) is 64.7 Å². The summed E-state index contributed by atoms with van der Waals surface area (Å²) in [5.74, 6) is -0.754. The van der Waals surface area contributed by atoms with E-state index in [4.69, 9.17) is 5.11 Å². The van der Waals surface area contributed by atoms with Gasteiger partial charge in [-0.25, -0.2) is 0 Å². The second kappa shape index (κ2) is 15.1. The normalized spacial score (nSPS) is 9.65. The molecule has 0 aromatic heterocycles. The van der Waals surface area contributed by atoms with Crippen molar-refractivity contribution in [1.82, 2.24) is 5.32 Å². The van der Waals surface area contributed by atoms with Gasteiger partial charge < -0.3 is 10.4 Å². The topological polar surface area (TPSA) is 66.4 Å². The predicted octanol–water partition coefficient (Wildman–Crippen LogP) is 2.63. The average molecular weight is 293 g/mol. The Morgan fingerprint density at radius 1 is 0.950 bits per heavy atom. The number of carboxylic acids is 1. The Labute approximate surface area is 144 Å². The molecular weight excluding hydrogens is 265 g/mol. The third-order valence-corrected chi connectivity index (χ3v) is 2.99. The molecule has 4 nitrogen and oxygen atoms in total. The predicted molar refractivity (Wildman–Crippen MR) is 84.2 cm³/mol. The van der Waals surface area contributed by atoms with Crippen molar-refractivity contribution in [3.8, 4) is 0 Å². The van der Waals surface area contributed by atoms with Gasteiger partial charge in [0.05, 0.1) is 0 Å². The Hall–Kier alpha value is -0.320. The molecule has 0 fully saturated rings. The summed E-state index contributed by atoms with van der Waals surface area (Å²) in [7, 11) is 0. The Kier molecular flexibility index (Phi) is 16.6. The van der Waals surface area contributed by atoms with E-state index >= 15 is 0 Å². The molecule has 1 amide bonds. The van der Waals surface area contributed by atoms with Gasteiger partial charge in [0.1, 0.15) is 0 Å². The number of hydrogen-bond donors (Lipinski definition) is 2. The molecule has 0 saturated heterocycles. The first-order valence-corrected chi connectivity index (χ1v) is 7.19. The van der Waals surface area contributed by atoms with E-state index < -0.39 is 5.97 Å². The molecule has 0 bridgehead atoms. The fourth-order valence-corrected chi connectivity index (χ4v) is 1.81. The molecule has 112 valence electrons. The van der Waals surface area contributed by atoms with E-state index in [2.05, 4.69) is 11.9 Å². The molecule has 0 aromatic carbocycles. The minimum atomic E-state index is -0.697. The summed E-state index contributed by atoms with van der Waals surface area (Å²) in [6.45, 7) is 6.02. The Morgan fingerprint density at radius 3 is 1.85 bits per heavy atom. The SMILES string of the molecule is C=C(C)C(=O)NCCCCCCCCCCC(=O)O.[NaH]. The maximum absolute atomic E-state index is 11.2. The van der Waals surface area contributed by atoms with Crippen molar-refractivity contribution in [2.45, 2.75) is 64.7 Å². The summed E-state index contributed by atoms with van der Waals surface area (Å²) in [6, 6.07) is 0. The van der Waals surface area contributed by atoms with Gasteiger partial charge >= 0.3 is 35.5 Å². The number of nitrogens with one attached hydrogen (secondary N) is 1. The number of rotatable bonds is 12. The minimum absolute atomic E-state index is 0. The molecule has 0 spiro atoms. The van der Waals surface area contributed by atoms with Crippen LogP contribution in [0, 0.1) is 0 Å². The van der Waals surface area contributed by atoms with Gasteiger partial charge in [0.15, 0.2) is 0 Å². The standard InChI is InChI=1S/C15H27NO3.Na.H/c1-13(2)15(19)16-12-10-8-6-4-3-5-7-9-11-14(17)18;;/h1,3-12H2,2H3,(H,16,19)(H,17,18);;. The first-order valence-electron chi connectivity index (χ1n) is 7.19. The summed E-state index contributed by atoms with van der Waals surface area (Å²) in [5.41, 5.74) is 0.557. The van der Waals surface area contributed by atoms with E-state index in [9.17, 15) is 9.59 Å². The summed E-state index contributed by atoms with van der Waals surface area (Å²) in [6.07, 6.45) is 8.93. The molecule has 0 radical (unpaired) electrons. The van der Waals surface area contributed by atoms with E-state index in [1.807, 2.05) is 0 Å². The number of carboxylic acid groups (broad SMARTS) is 1. The fourth-order valence-electron chi connectivity index (χ4n) is 1.81. The van der Waals surface area contributed by atoms with Gasteiger partial charge in [-0.05, 0) is 19.8 Å². The molecule has 0 aliphatic carbocycles. The molecule has 0 aromatic rings. The van der Waals surface area contributed by atoms with Gasteiger partial charge in [-0.2, -0.15) is 0 Å². The van der Waals surface area contributed by atoms with Crippen molar-refractivity contribution in [2.24, 2.45) is 0 Å². The number of carbonyl (C=O) groups excluding carboxylic acids is 1. The van der Waals surface area contributed by atoms with Crippen LogP contribution in [0.2, 0.25) is 0 Å². The fraction of sp³-hybridized carbons (Fsp3) is 0.733. The van der Waals surface area contributed by atoms with E-state index in [-0.39, 0.29) is 35.5 Å². The zero-order valence-corrected chi connectivity index (χ0v) is 12.0. The molecular formula is C15H28NNaO3. The third-order valence-electron chi connectivity index (χ3n) is 2.99. The molecule has 2 N–H and O–H groups in total. The Bertz CT molecular complexity index is 293. The van der Waals surface area contributed by atoms with Gasteiger partial charge in [-0.1, -0.05) is 45.1 Å². The van der Waals surface area contributed by atoms with Gasteiger partial charge in [-0.15, -0.1) is 0 Å². The summed E-state index contributed by atoms with van der Waals surface area (Å²) >= 11 is 0. The van der Waals surface area contributed by atoms with Gasteiger partial charge in [0.2, 0.25) is 5.91 Å². The number of carbonyl (C=O) groups is 2.